The first-order valence-electron chi connectivity index (χ1n) is 5.42. The molecule has 3 nitrogen and oxygen atoms in total. The van der Waals surface area contributed by atoms with Crippen LogP contribution in [-0.4, -0.2) is 5.11 Å². The maximum Gasteiger partial charge on any atom is 0.142 e. The van der Waals surface area contributed by atoms with Gasteiger partial charge in [-0.3, -0.25) is 0 Å². The van der Waals surface area contributed by atoms with Gasteiger partial charge in [-0.05, 0) is 42.3 Å². The van der Waals surface area contributed by atoms with Gasteiger partial charge >= 0.3 is 0 Å². The van der Waals surface area contributed by atoms with Crippen LogP contribution in [0.4, 0.5) is 5.69 Å². The molecule has 0 aliphatic carbocycles. The Kier molecular flexibility index (Phi) is 3.19. The van der Waals surface area contributed by atoms with Crippen LogP contribution in [0.2, 0.25) is 0 Å². The van der Waals surface area contributed by atoms with E-state index in [0.29, 0.717) is 18.0 Å². The molecule has 0 fully saturated rings. The van der Waals surface area contributed by atoms with Gasteiger partial charge in [0.25, 0.3) is 0 Å². The first-order chi connectivity index (χ1) is 8.15. The number of nitrogens with two attached hydrogens (primary N) is 1. The molecule has 2 aromatic carbocycles. The zero-order valence-corrected chi connectivity index (χ0v) is 9.68. The van der Waals surface area contributed by atoms with Crippen molar-refractivity contribution in [3.63, 3.8) is 0 Å². The molecule has 17 heavy (non-hydrogen) atoms. The Labute approximate surface area is 100 Å². The van der Waals surface area contributed by atoms with Crippen LogP contribution >= 0.6 is 0 Å². The highest BCUT2D eigenvalue weighted by Crippen LogP contribution is 2.23. The summed E-state index contributed by atoms with van der Waals surface area (Å²) in [6.45, 7) is 2.37. The third-order valence-corrected chi connectivity index (χ3v) is 2.47. The number of rotatable bonds is 3. The smallest absolute Gasteiger partial charge is 0.142 e. The van der Waals surface area contributed by atoms with Crippen molar-refractivity contribution in [3.05, 3.63) is 53.6 Å². The van der Waals surface area contributed by atoms with Gasteiger partial charge in [-0.15, -0.1) is 0 Å². The molecule has 0 amide bonds. The Morgan fingerprint density at radius 2 is 2.00 bits per heavy atom. The summed E-state index contributed by atoms with van der Waals surface area (Å²) >= 11 is 0. The summed E-state index contributed by atoms with van der Waals surface area (Å²) in [6.07, 6.45) is 0. The average Bonchev–Trinajstić information content (AvgIpc) is 2.28. The zero-order valence-electron chi connectivity index (χ0n) is 9.68. The number of phenols is 1. The van der Waals surface area contributed by atoms with Gasteiger partial charge in [-0.2, -0.15) is 0 Å². The molecule has 0 aromatic heterocycles. The molecule has 0 unspecified atom stereocenters. The Morgan fingerprint density at radius 3 is 2.71 bits per heavy atom. The minimum atomic E-state index is 0.239. The Bertz CT molecular complexity index is 523. The van der Waals surface area contributed by atoms with Gasteiger partial charge in [0.1, 0.15) is 18.1 Å². The van der Waals surface area contributed by atoms with Crippen LogP contribution in [0.1, 0.15) is 11.1 Å². The lowest BCUT2D eigenvalue weighted by Gasteiger charge is -2.09. The number of hydrogen-bond acceptors (Lipinski definition) is 3. The molecule has 3 heteroatoms. The lowest BCUT2D eigenvalue weighted by Crippen LogP contribution is -1.98. The number of aryl methyl sites for hydroxylation is 1. The van der Waals surface area contributed by atoms with Gasteiger partial charge in [0, 0.05) is 0 Å². The number of aromatic hydroxyl groups is 1. The van der Waals surface area contributed by atoms with Crippen molar-refractivity contribution in [1.29, 1.82) is 0 Å². The normalized spacial score (nSPS) is 10.2. The van der Waals surface area contributed by atoms with E-state index in [0.717, 1.165) is 11.1 Å². The molecule has 0 spiro atoms. The molecule has 3 N–H and O–H groups in total. The lowest BCUT2D eigenvalue weighted by molar-refractivity contribution is 0.307. The highest BCUT2D eigenvalue weighted by atomic mass is 16.5. The van der Waals surface area contributed by atoms with Gasteiger partial charge in [0.2, 0.25) is 0 Å². The maximum atomic E-state index is 9.32. The van der Waals surface area contributed by atoms with Gasteiger partial charge in [-0.25, -0.2) is 0 Å². The van der Waals surface area contributed by atoms with E-state index in [1.54, 1.807) is 18.2 Å². The van der Waals surface area contributed by atoms with E-state index in [-0.39, 0.29) is 5.75 Å². The van der Waals surface area contributed by atoms with Crippen LogP contribution in [0.15, 0.2) is 42.5 Å². The molecule has 88 valence electrons. The van der Waals surface area contributed by atoms with Crippen molar-refractivity contribution in [2.75, 3.05) is 5.73 Å². The highest BCUT2D eigenvalue weighted by Gasteiger charge is 2.01. The van der Waals surface area contributed by atoms with E-state index in [4.69, 9.17) is 10.5 Å². The molecular weight excluding hydrogens is 214 g/mol. The standard InChI is InChI=1S/C14H15NO2/c1-10-5-6-14(13(15)7-10)17-9-11-3-2-4-12(16)8-11/h2-8,16H,9,15H2,1H3. The van der Waals surface area contributed by atoms with Crippen LogP contribution < -0.4 is 10.5 Å². The summed E-state index contributed by atoms with van der Waals surface area (Å²) in [5, 5.41) is 9.32. The first kappa shape index (κ1) is 11.3. The fourth-order valence-electron chi connectivity index (χ4n) is 1.61. The quantitative estimate of drug-likeness (QED) is 0.796. The van der Waals surface area contributed by atoms with Crippen molar-refractivity contribution in [3.8, 4) is 11.5 Å². The van der Waals surface area contributed by atoms with Gasteiger partial charge in [0.15, 0.2) is 0 Å². The first-order valence-corrected chi connectivity index (χ1v) is 5.42. The number of nitrogen functional groups attached to an aromatic ring is 1. The summed E-state index contributed by atoms with van der Waals surface area (Å²) in [4.78, 5) is 0. The fraction of sp³-hybridized carbons (Fsp3) is 0.143. The van der Waals surface area contributed by atoms with E-state index in [2.05, 4.69) is 0 Å². The van der Waals surface area contributed by atoms with Crippen molar-refractivity contribution in [2.24, 2.45) is 0 Å². The summed E-state index contributed by atoms with van der Waals surface area (Å²) in [5.74, 6) is 0.905. The zero-order chi connectivity index (χ0) is 12.3. The van der Waals surface area contributed by atoms with E-state index in [1.807, 2.05) is 31.2 Å². The predicted molar refractivity (Wildman–Crippen MR) is 68.0 cm³/mol. The SMILES string of the molecule is Cc1ccc(OCc2cccc(O)c2)c(N)c1. The topological polar surface area (TPSA) is 55.5 Å². The summed E-state index contributed by atoms with van der Waals surface area (Å²) in [7, 11) is 0. The van der Waals surface area contributed by atoms with Crippen molar-refractivity contribution in [2.45, 2.75) is 13.5 Å². The molecule has 2 aromatic rings. The third-order valence-electron chi connectivity index (χ3n) is 2.47. The molecular formula is C14H15NO2. The van der Waals surface area contributed by atoms with Gasteiger partial charge in [-0.1, -0.05) is 18.2 Å². The second kappa shape index (κ2) is 4.78. The lowest BCUT2D eigenvalue weighted by atomic mass is 10.2. The molecule has 0 aliphatic heterocycles. The Balaban J connectivity index is 2.07. The Morgan fingerprint density at radius 1 is 1.18 bits per heavy atom. The van der Waals surface area contributed by atoms with Crippen LogP contribution in [0.5, 0.6) is 11.5 Å². The van der Waals surface area contributed by atoms with Crippen LogP contribution in [0, 0.1) is 6.92 Å². The van der Waals surface area contributed by atoms with Crippen LogP contribution in [0.3, 0.4) is 0 Å². The number of anilines is 1. The van der Waals surface area contributed by atoms with Crippen molar-refractivity contribution < 1.29 is 9.84 Å². The predicted octanol–water partition coefficient (Wildman–Crippen LogP) is 2.86. The number of benzene rings is 2. The van der Waals surface area contributed by atoms with E-state index >= 15 is 0 Å². The number of phenolic OH excluding ortho intramolecular Hbond substituents is 1. The number of hydrogen-bond donors (Lipinski definition) is 2. The monoisotopic (exact) mass is 229 g/mol. The van der Waals surface area contributed by atoms with E-state index in [9.17, 15) is 5.11 Å². The minimum Gasteiger partial charge on any atom is -0.508 e. The van der Waals surface area contributed by atoms with Gasteiger partial charge in [0.05, 0.1) is 5.69 Å². The summed E-state index contributed by atoms with van der Waals surface area (Å²) in [5.41, 5.74) is 8.48. The van der Waals surface area contributed by atoms with E-state index in [1.165, 1.54) is 0 Å². The highest BCUT2D eigenvalue weighted by molar-refractivity contribution is 5.54. The second-order valence-electron chi connectivity index (χ2n) is 4.00. The molecule has 0 atom stereocenters. The summed E-state index contributed by atoms with van der Waals surface area (Å²) in [6, 6.07) is 12.7. The molecule has 2 rings (SSSR count). The molecule has 0 bridgehead atoms. The number of ether oxygens (including phenoxy) is 1. The molecule has 0 saturated carbocycles. The maximum absolute atomic E-state index is 9.32. The van der Waals surface area contributed by atoms with Crippen LogP contribution in [0.25, 0.3) is 0 Å². The van der Waals surface area contributed by atoms with E-state index < -0.39 is 0 Å². The Hall–Kier alpha value is -2.16. The molecule has 0 radical (unpaired) electrons. The largest absolute Gasteiger partial charge is 0.508 e. The summed E-state index contributed by atoms with van der Waals surface area (Å²) < 4.78 is 5.60. The molecule has 0 saturated heterocycles. The molecule has 0 aliphatic rings. The van der Waals surface area contributed by atoms with Crippen molar-refractivity contribution >= 4 is 5.69 Å². The van der Waals surface area contributed by atoms with Crippen molar-refractivity contribution in [1.82, 2.24) is 0 Å². The van der Waals surface area contributed by atoms with Crippen LogP contribution in [-0.2, 0) is 6.61 Å². The molecule has 0 heterocycles. The minimum absolute atomic E-state index is 0.239. The fourth-order valence-corrected chi connectivity index (χ4v) is 1.61. The average molecular weight is 229 g/mol. The third kappa shape index (κ3) is 2.91. The second-order valence-corrected chi connectivity index (χ2v) is 4.00. The van der Waals surface area contributed by atoms with Gasteiger partial charge < -0.3 is 15.6 Å².